The van der Waals surface area contributed by atoms with E-state index in [9.17, 15) is 24.9 Å². The largest absolute Gasteiger partial charge is 0.508 e. The van der Waals surface area contributed by atoms with Crippen LogP contribution in [-0.2, 0) is 33.6 Å². The van der Waals surface area contributed by atoms with Crippen LogP contribution in [0.2, 0.25) is 0 Å². The molecule has 0 spiro atoms. The first-order chi connectivity index (χ1) is 19.5. The predicted octanol–water partition coefficient (Wildman–Crippen LogP) is 2.33. The molecule has 41 heavy (non-hydrogen) atoms. The monoisotopic (exact) mass is 561 g/mol. The molecule has 5 atom stereocenters. The fourth-order valence-electron chi connectivity index (χ4n) is 4.84. The quantitative estimate of drug-likeness (QED) is 0.150. The molecule has 0 fully saturated rings. The smallest absolute Gasteiger partial charge is 0.313 e. The Morgan fingerprint density at radius 3 is 1.98 bits per heavy atom. The van der Waals surface area contributed by atoms with E-state index >= 15 is 0 Å². The summed E-state index contributed by atoms with van der Waals surface area (Å²) < 4.78 is 5.55. The van der Waals surface area contributed by atoms with Gasteiger partial charge in [0.05, 0.1) is 12.0 Å². The number of rotatable bonds is 14. The Balaban J connectivity index is 1.69. The van der Waals surface area contributed by atoms with Crippen LogP contribution < -0.4 is 11.5 Å². The fourth-order valence-corrected chi connectivity index (χ4v) is 4.84. The molecule has 0 aliphatic rings. The number of carbonyl (C=O) groups is 2. The molecule has 1 amide bonds. The van der Waals surface area contributed by atoms with Crippen LogP contribution >= 0.6 is 0 Å². The van der Waals surface area contributed by atoms with Crippen molar-refractivity contribution in [3.8, 4) is 5.75 Å². The maximum Gasteiger partial charge on any atom is 0.313 e. The molecule has 218 valence electrons. The molecule has 0 bridgehead atoms. The lowest BCUT2D eigenvalue weighted by Crippen LogP contribution is -2.67. The topological polar surface area (TPSA) is 158 Å². The van der Waals surface area contributed by atoms with Crippen LogP contribution in [0.25, 0.3) is 0 Å². The number of primary amides is 1. The Morgan fingerprint density at radius 2 is 1.44 bits per heavy atom. The number of aromatic hydroxyl groups is 1. The van der Waals surface area contributed by atoms with Gasteiger partial charge in [0.1, 0.15) is 17.9 Å². The van der Waals surface area contributed by atoms with Crippen molar-refractivity contribution in [1.82, 2.24) is 0 Å². The third kappa shape index (κ3) is 9.56. The second-order valence-electron chi connectivity index (χ2n) is 10.6. The number of nitrogens with two attached hydrogens (primary N) is 1. The standard InChI is InChI=1S/C33H40N2O6/c1-21-16-25(36)17-22(2)26(21)20-28(34)30(38)15-9-14-29(37)27(18-23-10-5-3-6-11-23)33(40)41-31(32(35)39)19-24-12-7-4-8-13-24/h3-14,16-17,27-31,36-38H,15,18-20,34H2,1-2H3,(H2,35,39)/p+1/b14-9+/t27-,28+,29+,30+,31+/m1/s1. The highest BCUT2D eigenvalue weighted by atomic mass is 16.5. The van der Waals surface area contributed by atoms with Gasteiger partial charge in [-0.3, -0.25) is 9.59 Å². The molecule has 0 heterocycles. The Hall–Kier alpha value is -3.98. The Morgan fingerprint density at radius 1 is 0.902 bits per heavy atom. The highest BCUT2D eigenvalue weighted by Gasteiger charge is 2.31. The van der Waals surface area contributed by atoms with Gasteiger partial charge in [-0.05, 0) is 66.6 Å². The number of aliphatic hydroxyl groups excluding tert-OH is 2. The predicted molar refractivity (Wildman–Crippen MR) is 157 cm³/mol. The minimum atomic E-state index is -1.23. The molecule has 0 unspecified atom stereocenters. The van der Waals surface area contributed by atoms with Crippen molar-refractivity contribution in [3.05, 3.63) is 113 Å². The van der Waals surface area contributed by atoms with Crippen LogP contribution in [0.3, 0.4) is 0 Å². The maximum absolute atomic E-state index is 13.3. The number of phenols is 1. The van der Waals surface area contributed by atoms with E-state index in [4.69, 9.17) is 10.5 Å². The number of aryl methyl sites for hydroxylation is 2. The van der Waals surface area contributed by atoms with E-state index in [2.05, 4.69) is 5.73 Å². The van der Waals surface area contributed by atoms with Gasteiger partial charge in [-0.25, -0.2) is 0 Å². The molecular weight excluding hydrogens is 520 g/mol. The Kier molecular flexibility index (Phi) is 11.6. The van der Waals surface area contributed by atoms with Gasteiger partial charge < -0.3 is 31.5 Å². The van der Waals surface area contributed by atoms with E-state index in [1.54, 1.807) is 18.2 Å². The molecule has 0 saturated carbocycles. The lowest BCUT2D eigenvalue weighted by Gasteiger charge is -2.23. The number of amides is 1. The van der Waals surface area contributed by atoms with Crippen LogP contribution in [0.5, 0.6) is 5.75 Å². The number of quaternary nitrogens is 1. The van der Waals surface area contributed by atoms with Crippen LogP contribution in [0.15, 0.2) is 84.9 Å². The second-order valence-corrected chi connectivity index (χ2v) is 10.6. The summed E-state index contributed by atoms with van der Waals surface area (Å²) in [6.45, 7) is 3.82. The van der Waals surface area contributed by atoms with Crippen molar-refractivity contribution in [2.24, 2.45) is 11.7 Å². The summed E-state index contributed by atoms with van der Waals surface area (Å²) >= 11 is 0. The molecule has 0 aliphatic carbocycles. The number of carbonyl (C=O) groups excluding carboxylic acids is 2. The third-order valence-corrected chi connectivity index (χ3v) is 7.26. The summed E-state index contributed by atoms with van der Waals surface area (Å²) in [6.07, 6.45) is 0.940. The second kappa shape index (κ2) is 15.1. The number of benzene rings is 3. The van der Waals surface area contributed by atoms with E-state index in [1.165, 1.54) is 6.08 Å². The van der Waals surface area contributed by atoms with Gasteiger partial charge in [0.2, 0.25) is 0 Å². The fraction of sp³-hybridized carbons (Fsp3) is 0.333. The van der Waals surface area contributed by atoms with Crippen LogP contribution in [0, 0.1) is 19.8 Å². The van der Waals surface area contributed by atoms with Gasteiger partial charge in [-0.1, -0.05) is 72.8 Å². The highest BCUT2D eigenvalue weighted by molar-refractivity contribution is 5.83. The molecule has 0 saturated heterocycles. The molecule has 3 aromatic carbocycles. The van der Waals surface area contributed by atoms with Gasteiger partial charge in [-0.15, -0.1) is 0 Å². The van der Waals surface area contributed by atoms with Crippen LogP contribution in [0.4, 0.5) is 0 Å². The van der Waals surface area contributed by atoms with Crippen molar-refractivity contribution in [2.45, 2.75) is 63.9 Å². The zero-order chi connectivity index (χ0) is 29.9. The minimum absolute atomic E-state index is 0.128. The minimum Gasteiger partial charge on any atom is -0.508 e. The Bertz CT molecular complexity index is 1290. The number of hydrogen-bond donors (Lipinski definition) is 5. The van der Waals surface area contributed by atoms with Gasteiger partial charge in [0, 0.05) is 12.8 Å². The molecule has 0 aromatic heterocycles. The molecule has 8 N–H and O–H groups in total. The SMILES string of the molecule is Cc1cc(O)cc(C)c1C[C@H]([NH3+])[C@@H](O)C/C=C/[C@H](O)[C@@H](Cc1ccccc1)C(=O)O[C@@H](Cc1ccccc1)C(N)=O. The first kappa shape index (κ1) is 31.5. The van der Waals surface area contributed by atoms with Crippen molar-refractivity contribution in [3.63, 3.8) is 0 Å². The number of esters is 1. The van der Waals surface area contributed by atoms with Gasteiger partial charge in [0.25, 0.3) is 5.91 Å². The van der Waals surface area contributed by atoms with Crippen molar-refractivity contribution < 1.29 is 35.4 Å². The van der Waals surface area contributed by atoms with Crippen molar-refractivity contribution >= 4 is 11.9 Å². The number of hydrogen-bond acceptors (Lipinski definition) is 6. The summed E-state index contributed by atoms with van der Waals surface area (Å²) in [5.41, 5.74) is 14.1. The van der Waals surface area contributed by atoms with Crippen molar-refractivity contribution in [2.75, 3.05) is 0 Å². The van der Waals surface area contributed by atoms with Gasteiger partial charge in [-0.2, -0.15) is 0 Å². The molecule has 8 nitrogen and oxygen atoms in total. The summed E-state index contributed by atoms with van der Waals surface area (Å²) in [4.78, 5) is 25.4. The van der Waals surface area contributed by atoms with E-state index in [0.717, 1.165) is 27.8 Å². The van der Waals surface area contributed by atoms with E-state index < -0.39 is 36.1 Å². The average Bonchev–Trinajstić information content (AvgIpc) is 2.94. The normalized spacial score (nSPS) is 15.1. The Labute approximate surface area is 241 Å². The number of aliphatic hydroxyl groups is 2. The summed E-state index contributed by atoms with van der Waals surface area (Å²) in [6, 6.07) is 21.4. The zero-order valence-electron chi connectivity index (χ0n) is 23.6. The number of phenolic OH excluding ortho intramolecular Hbond substituents is 1. The average molecular weight is 562 g/mol. The van der Waals surface area contributed by atoms with Gasteiger partial charge in [0.15, 0.2) is 6.10 Å². The molecule has 8 heteroatoms. The molecule has 3 rings (SSSR count). The zero-order valence-corrected chi connectivity index (χ0v) is 23.6. The van der Waals surface area contributed by atoms with Gasteiger partial charge >= 0.3 is 5.97 Å². The van der Waals surface area contributed by atoms with Crippen molar-refractivity contribution in [1.29, 1.82) is 0 Å². The first-order valence-corrected chi connectivity index (χ1v) is 13.8. The summed E-state index contributed by atoms with van der Waals surface area (Å²) in [7, 11) is 0. The van der Waals surface area contributed by atoms with Crippen LogP contribution in [-0.4, -0.2) is 51.5 Å². The first-order valence-electron chi connectivity index (χ1n) is 13.8. The number of ether oxygens (including phenoxy) is 1. The lowest BCUT2D eigenvalue weighted by atomic mass is 9.92. The third-order valence-electron chi connectivity index (χ3n) is 7.26. The summed E-state index contributed by atoms with van der Waals surface area (Å²) in [5.74, 6) is -2.30. The maximum atomic E-state index is 13.3. The van der Waals surface area contributed by atoms with E-state index in [0.29, 0.717) is 6.42 Å². The highest BCUT2D eigenvalue weighted by Crippen LogP contribution is 2.23. The molecular formula is C33H41N2O6+. The lowest BCUT2D eigenvalue weighted by molar-refractivity contribution is -0.436. The molecule has 0 radical (unpaired) electrons. The molecule has 3 aromatic rings. The van der Waals surface area contributed by atoms with Crippen LogP contribution in [0.1, 0.15) is 34.2 Å². The molecule has 0 aliphatic heterocycles. The van der Waals surface area contributed by atoms with E-state index in [-0.39, 0.29) is 31.1 Å². The summed E-state index contributed by atoms with van der Waals surface area (Å²) in [5, 5.41) is 31.6. The van der Waals surface area contributed by atoms with E-state index in [1.807, 2.05) is 74.5 Å².